The summed E-state index contributed by atoms with van der Waals surface area (Å²) >= 11 is 0. The van der Waals surface area contributed by atoms with Crippen molar-refractivity contribution >= 4 is 0 Å². The molecule has 2 rings (SSSR count). The van der Waals surface area contributed by atoms with E-state index in [9.17, 15) is 0 Å². The lowest BCUT2D eigenvalue weighted by atomic mass is 9.87. The molecule has 82 valence electrons. The second kappa shape index (κ2) is 3.96. The molecular formula is C11H13N5. The molecule has 0 unspecified atom stereocenters. The Kier molecular flexibility index (Phi) is 2.64. The molecule has 0 spiro atoms. The first-order valence-electron chi connectivity index (χ1n) is 5.18. The van der Waals surface area contributed by atoms with Crippen molar-refractivity contribution in [2.24, 2.45) is 0 Å². The molecule has 0 atom stereocenters. The third-order valence-electron chi connectivity index (χ3n) is 2.94. The van der Waals surface area contributed by atoms with E-state index in [1.807, 2.05) is 22.7 Å². The van der Waals surface area contributed by atoms with E-state index in [-0.39, 0.29) is 5.54 Å². The highest BCUT2D eigenvalue weighted by atomic mass is 15.4. The van der Waals surface area contributed by atoms with Crippen molar-refractivity contribution in [3.05, 3.63) is 18.0 Å². The van der Waals surface area contributed by atoms with E-state index < -0.39 is 0 Å². The van der Waals surface area contributed by atoms with Crippen LogP contribution >= 0.6 is 0 Å². The number of hydrogen-bond acceptors (Lipinski definition) is 4. The van der Waals surface area contributed by atoms with Crippen molar-refractivity contribution in [1.82, 2.24) is 14.7 Å². The quantitative estimate of drug-likeness (QED) is 0.694. The maximum absolute atomic E-state index is 8.88. The van der Waals surface area contributed by atoms with E-state index in [0.717, 1.165) is 18.7 Å². The summed E-state index contributed by atoms with van der Waals surface area (Å²) in [5.74, 6) is 0. The van der Waals surface area contributed by atoms with E-state index in [1.54, 1.807) is 6.20 Å². The Morgan fingerprint density at radius 3 is 2.69 bits per heavy atom. The second-order valence-corrected chi connectivity index (χ2v) is 4.32. The van der Waals surface area contributed by atoms with Gasteiger partial charge in [-0.05, 0) is 12.5 Å². The minimum absolute atomic E-state index is 0.222. The molecule has 0 N–H and O–H groups in total. The van der Waals surface area contributed by atoms with Gasteiger partial charge in [-0.1, -0.05) is 0 Å². The molecule has 0 amide bonds. The Morgan fingerprint density at radius 1 is 1.44 bits per heavy atom. The van der Waals surface area contributed by atoms with Crippen molar-refractivity contribution < 1.29 is 0 Å². The van der Waals surface area contributed by atoms with Gasteiger partial charge in [0.2, 0.25) is 0 Å². The first kappa shape index (κ1) is 10.7. The Bertz CT molecular complexity index is 455. The molecule has 1 aromatic heterocycles. The molecule has 0 bridgehead atoms. The summed E-state index contributed by atoms with van der Waals surface area (Å²) in [6, 6.07) is 4.33. The van der Waals surface area contributed by atoms with Crippen LogP contribution in [-0.4, -0.2) is 34.3 Å². The third-order valence-corrected chi connectivity index (χ3v) is 2.94. The van der Waals surface area contributed by atoms with E-state index >= 15 is 0 Å². The van der Waals surface area contributed by atoms with Gasteiger partial charge in [-0.25, -0.2) is 0 Å². The summed E-state index contributed by atoms with van der Waals surface area (Å²) in [4.78, 5) is 2.02. The molecule has 5 nitrogen and oxygen atoms in total. The minimum Gasteiger partial charge on any atom is -0.286 e. The number of nitrogens with zero attached hydrogens (tertiary/aromatic N) is 5. The van der Waals surface area contributed by atoms with Gasteiger partial charge >= 0.3 is 0 Å². The van der Waals surface area contributed by atoms with Crippen molar-refractivity contribution in [2.75, 3.05) is 19.6 Å². The standard InChI is InChI=1S/C11H13N5/c1-10-6-14-16(7-10)11(2-3-12)8-15(9-11)5-4-13/h6-7H,2,5,8-9H2,1H3. The van der Waals surface area contributed by atoms with Crippen LogP contribution in [0.5, 0.6) is 0 Å². The molecule has 5 heteroatoms. The summed E-state index contributed by atoms with van der Waals surface area (Å²) in [5.41, 5.74) is 0.871. The van der Waals surface area contributed by atoms with E-state index in [2.05, 4.69) is 17.2 Å². The zero-order valence-electron chi connectivity index (χ0n) is 9.22. The fourth-order valence-electron chi connectivity index (χ4n) is 2.16. The maximum atomic E-state index is 8.88. The molecule has 0 aromatic carbocycles. The average Bonchev–Trinajstić information content (AvgIpc) is 2.62. The van der Waals surface area contributed by atoms with Crippen LogP contribution < -0.4 is 0 Å². The smallest absolute Gasteiger partial charge is 0.101 e. The number of hydrogen-bond donors (Lipinski definition) is 0. The largest absolute Gasteiger partial charge is 0.286 e. The van der Waals surface area contributed by atoms with Crippen molar-refractivity contribution in [2.45, 2.75) is 18.9 Å². The van der Waals surface area contributed by atoms with Crippen molar-refractivity contribution in [1.29, 1.82) is 10.5 Å². The minimum atomic E-state index is -0.222. The van der Waals surface area contributed by atoms with E-state index in [4.69, 9.17) is 10.5 Å². The Hall–Kier alpha value is -1.85. The van der Waals surface area contributed by atoms with Gasteiger partial charge < -0.3 is 0 Å². The van der Waals surface area contributed by atoms with Crippen LogP contribution in [0.25, 0.3) is 0 Å². The van der Waals surface area contributed by atoms with Gasteiger partial charge in [0.25, 0.3) is 0 Å². The van der Waals surface area contributed by atoms with E-state index in [1.165, 1.54) is 0 Å². The lowest BCUT2D eigenvalue weighted by Gasteiger charge is -2.48. The van der Waals surface area contributed by atoms with Crippen LogP contribution in [0.3, 0.4) is 0 Å². The number of rotatable bonds is 3. The van der Waals surface area contributed by atoms with Crippen LogP contribution in [0.2, 0.25) is 0 Å². The van der Waals surface area contributed by atoms with Crippen LogP contribution in [0, 0.1) is 29.6 Å². The molecule has 0 radical (unpaired) electrons. The normalized spacial score (nSPS) is 18.4. The van der Waals surface area contributed by atoms with Gasteiger partial charge in [-0.3, -0.25) is 9.58 Å². The highest BCUT2D eigenvalue weighted by Gasteiger charge is 2.45. The predicted octanol–water partition coefficient (Wildman–Crippen LogP) is 0.640. The fourth-order valence-corrected chi connectivity index (χ4v) is 2.16. The maximum Gasteiger partial charge on any atom is 0.101 e. The van der Waals surface area contributed by atoms with Gasteiger partial charge in [0.05, 0.1) is 31.3 Å². The van der Waals surface area contributed by atoms with Gasteiger partial charge in [-0.2, -0.15) is 15.6 Å². The molecule has 2 heterocycles. The van der Waals surface area contributed by atoms with Crippen LogP contribution in [0.15, 0.2) is 12.4 Å². The summed E-state index contributed by atoms with van der Waals surface area (Å²) < 4.78 is 1.87. The molecule has 1 aromatic rings. The lowest BCUT2D eigenvalue weighted by molar-refractivity contribution is 0.0156. The Morgan fingerprint density at radius 2 is 2.19 bits per heavy atom. The van der Waals surface area contributed by atoms with Crippen LogP contribution in [0.1, 0.15) is 12.0 Å². The topological polar surface area (TPSA) is 68.6 Å². The number of aromatic nitrogens is 2. The molecule has 16 heavy (non-hydrogen) atoms. The molecule has 0 saturated carbocycles. The zero-order chi connectivity index (χ0) is 11.6. The van der Waals surface area contributed by atoms with Gasteiger partial charge in [0.1, 0.15) is 5.54 Å². The molecule has 0 aliphatic carbocycles. The van der Waals surface area contributed by atoms with Crippen molar-refractivity contribution in [3.8, 4) is 12.1 Å². The van der Waals surface area contributed by atoms with Gasteiger partial charge in [-0.15, -0.1) is 0 Å². The summed E-state index contributed by atoms with van der Waals surface area (Å²) in [5, 5.41) is 21.8. The summed E-state index contributed by atoms with van der Waals surface area (Å²) in [6.45, 7) is 3.87. The van der Waals surface area contributed by atoms with E-state index in [0.29, 0.717) is 13.0 Å². The lowest BCUT2D eigenvalue weighted by Crippen LogP contribution is -2.62. The second-order valence-electron chi connectivity index (χ2n) is 4.32. The van der Waals surface area contributed by atoms with Crippen LogP contribution in [-0.2, 0) is 5.54 Å². The monoisotopic (exact) mass is 215 g/mol. The summed E-state index contributed by atoms with van der Waals surface area (Å²) in [7, 11) is 0. The molecule has 1 saturated heterocycles. The SMILES string of the molecule is Cc1cnn(C2(CC#N)CN(CC#N)C2)c1. The zero-order valence-corrected chi connectivity index (χ0v) is 9.22. The Labute approximate surface area is 94.5 Å². The summed E-state index contributed by atoms with van der Waals surface area (Å²) in [6.07, 6.45) is 4.20. The molecule has 1 fully saturated rings. The van der Waals surface area contributed by atoms with Gasteiger partial charge in [0, 0.05) is 19.3 Å². The Balaban J connectivity index is 2.15. The number of nitriles is 2. The van der Waals surface area contributed by atoms with Crippen LogP contribution in [0.4, 0.5) is 0 Å². The first-order chi connectivity index (χ1) is 7.70. The molecule has 1 aliphatic heterocycles. The number of likely N-dealkylation sites (tertiary alicyclic amines) is 1. The fraction of sp³-hybridized carbons (Fsp3) is 0.545. The third kappa shape index (κ3) is 1.66. The highest BCUT2D eigenvalue weighted by Crippen LogP contribution is 2.31. The van der Waals surface area contributed by atoms with Gasteiger partial charge in [0.15, 0.2) is 0 Å². The molecule has 1 aliphatic rings. The predicted molar refractivity (Wildman–Crippen MR) is 57.2 cm³/mol. The number of aryl methyl sites for hydroxylation is 1. The van der Waals surface area contributed by atoms with Crippen molar-refractivity contribution in [3.63, 3.8) is 0 Å². The highest BCUT2D eigenvalue weighted by molar-refractivity contribution is 5.10. The average molecular weight is 215 g/mol. The first-order valence-corrected chi connectivity index (χ1v) is 5.18. The molecular weight excluding hydrogens is 202 g/mol.